The van der Waals surface area contributed by atoms with Gasteiger partial charge in [0.25, 0.3) is 5.91 Å². The van der Waals surface area contributed by atoms with E-state index in [1.807, 2.05) is 12.1 Å². The minimum absolute atomic E-state index is 0.273. The number of amides is 1. The van der Waals surface area contributed by atoms with E-state index >= 15 is 0 Å². The van der Waals surface area contributed by atoms with E-state index < -0.39 is 0 Å². The number of benzene rings is 2. The van der Waals surface area contributed by atoms with Gasteiger partial charge in [0, 0.05) is 11.1 Å². The van der Waals surface area contributed by atoms with Crippen molar-refractivity contribution in [1.29, 1.82) is 0 Å². The van der Waals surface area contributed by atoms with E-state index in [1.165, 1.54) is 11.8 Å². The number of nitrogens with zero attached hydrogens (tertiary/aromatic N) is 1. The van der Waals surface area contributed by atoms with Crippen LogP contribution in [0, 0.1) is 0 Å². The fourth-order valence-corrected chi connectivity index (χ4v) is 2.22. The standard InChI is InChI=1S/C17H16Cl2N2O/c1-11(2)12-6-8-13(9-7-12)17(22)21-20-10-14-4-3-5-15(18)16(14)19/h3-11H,1-2H3,(H,21,22)/b20-10+. The summed E-state index contributed by atoms with van der Waals surface area (Å²) in [5, 5.41) is 4.76. The van der Waals surface area contributed by atoms with E-state index in [1.54, 1.807) is 30.3 Å². The molecule has 0 atom stereocenters. The molecule has 0 fully saturated rings. The SMILES string of the molecule is CC(C)c1ccc(C(=O)N/N=C/c2cccc(Cl)c2Cl)cc1. The first kappa shape index (κ1) is 16.5. The largest absolute Gasteiger partial charge is 0.271 e. The number of hydrazone groups is 1. The molecule has 0 heterocycles. The maximum atomic E-state index is 12.0. The Bertz CT molecular complexity index is 694. The Morgan fingerprint density at radius 2 is 1.82 bits per heavy atom. The van der Waals surface area contributed by atoms with Crippen LogP contribution in [0.15, 0.2) is 47.6 Å². The number of hydrogen-bond donors (Lipinski definition) is 1. The third kappa shape index (κ3) is 4.09. The van der Waals surface area contributed by atoms with Crippen LogP contribution in [0.3, 0.4) is 0 Å². The third-order valence-corrected chi connectivity index (χ3v) is 4.02. The summed E-state index contributed by atoms with van der Waals surface area (Å²) in [5.41, 5.74) is 4.86. The molecule has 0 unspecified atom stereocenters. The van der Waals surface area contributed by atoms with Gasteiger partial charge in [0.15, 0.2) is 0 Å². The van der Waals surface area contributed by atoms with Crippen LogP contribution in [0.2, 0.25) is 10.0 Å². The molecule has 22 heavy (non-hydrogen) atoms. The lowest BCUT2D eigenvalue weighted by atomic mass is 10.0. The molecule has 2 rings (SSSR count). The molecular formula is C17H16Cl2N2O. The molecule has 0 bridgehead atoms. The first-order valence-corrected chi connectivity index (χ1v) is 7.62. The van der Waals surface area contributed by atoms with Crippen LogP contribution >= 0.6 is 23.2 Å². The van der Waals surface area contributed by atoms with Crippen molar-refractivity contribution in [3.63, 3.8) is 0 Å². The number of halogens is 2. The summed E-state index contributed by atoms with van der Waals surface area (Å²) in [5.74, 6) is 0.157. The first-order chi connectivity index (χ1) is 10.5. The van der Waals surface area contributed by atoms with E-state index in [-0.39, 0.29) is 5.91 Å². The van der Waals surface area contributed by atoms with Crippen LogP contribution in [0.1, 0.15) is 41.3 Å². The Hall–Kier alpha value is -1.84. The quantitative estimate of drug-likeness (QED) is 0.628. The average Bonchev–Trinajstić information content (AvgIpc) is 2.51. The van der Waals surface area contributed by atoms with Gasteiger partial charge in [0.2, 0.25) is 0 Å². The predicted octanol–water partition coefficient (Wildman–Crippen LogP) is 4.88. The number of carbonyl (C=O) groups is 1. The molecule has 0 aliphatic rings. The molecule has 0 aliphatic heterocycles. The number of carbonyl (C=O) groups excluding carboxylic acids is 1. The van der Waals surface area contributed by atoms with Gasteiger partial charge in [-0.1, -0.05) is 61.3 Å². The molecule has 1 amide bonds. The van der Waals surface area contributed by atoms with Gasteiger partial charge in [-0.3, -0.25) is 4.79 Å². The van der Waals surface area contributed by atoms with Gasteiger partial charge in [0.1, 0.15) is 0 Å². The molecule has 0 aliphatic carbocycles. The van der Waals surface area contributed by atoms with Crippen LogP contribution in [0.5, 0.6) is 0 Å². The average molecular weight is 335 g/mol. The molecule has 1 N–H and O–H groups in total. The van der Waals surface area contributed by atoms with Crippen LogP contribution < -0.4 is 5.43 Å². The van der Waals surface area contributed by atoms with Gasteiger partial charge in [-0.25, -0.2) is 5.43 Å². The summed E-state index contributed by atoms with van der Waals surface area (Å²) in [7, 11) is 0. The van der Waals surface area contributed by atoms with Crippen LogP contribution in [-0.4, -0.2) is 12.1 Å². The highest BCUT2D eigenvalue weighted by atomic mass is 35.5. The molecule has 0 saturated heterocycles. The highest BCUT2D eigenvalue weighted by Gasteiger charge is 2.06. The maximum absolute atomic E-state index is 12.0. The Morgan fingerprint density at radius 1 is 1.14 bits per heavy atom. The predicted molar refractivity (Wildman–Crippen MR) is 92.1 cm³/mol. The Labute approximate surface area is 139 Å². The van der Waals surface area contributed by atoms with Crippen molar-refractivity contribution in [2.45, 2.75) is 19.8 Å². The molecule has 0 saturated carbocycles. The van der Waals surface area contributed by atoms with E-state index in [0.717, 1.165) is 0 Å². The molecule has 0 radical (unpaired) electrons. The van der Waals surface area contributed by atoms with Gasteiger partial charge in [-0.15, -0.1) is 0 Å². The molecule has 5 heteroatoms. The van der Waals surface area contributed by atoms with Crippen molar-refractivity contribution in [1.82, 2.24) is 5.43 Å². The van der Waals surface area contributed by atoms with Crippen molar-refractivity contribution in [3.05, 3.63) is 69.2 Å². The molecule has 2 aromatic rings. The summed E-state index contributed by atoms with van der Waals surface area (Å²) < 4.78 is 0. The van der Waals surface area contributed by atoms with Crippen LogP contribution in [0.4, 0.5) is 0 Å². The zero-order valence-corrected chi connectivity index (χ0v) is 13.8. The van der Waals surface area contributed by atoms with Crippen molar-refractivity contribution < 1.29 is 4.79 Å². The number of hydrogen-bond acceptors (Lipinski definition) is 2. The molecule has 0 aromatic heterocycles. The van der Waals surface area contributed by atoms with E-state index in [9.17, 15) is 4.79 Å². The van der Waals surface area contributed by atoms with Gasteiger partial charge in [-0.05, 0) is 29.7 Å². The summed E-state index contributed by atoms with van der Waals surface area (Å²) in [6.07, 6.45) is 1.47. The van der Waals surface area contributed by atoms with E-state index in [0.29, 0.717) is 27.1 Å². The second-order valence-electron chi connectivity index (χ2n) is 5.12. The van der Waals surface area contributed by atoms with Gasteiger partial charge in [-0.2, -0.15) is 5.10 Å². The molecule has 3 nitrogen and oxygen atoms in total. The van der Waals surface area contributed by atoms with Crippen molar-refractivity contribution in [2.24, 2.45) is 5.10 Å². The first-order valence-electron chi connectivity index (χ1n) is 6.86. The Balaban J connectivity index is 2.03. The highest BCUT2D eigenvalue weighted by molar-refractivity contribution is 6.43. The smallest absolute Gasteiger partial charge is 0.267 e. The van der Waals surface area contributed by atoms with Gasteiger partial charge >= 0.3 is 0 Å². The molecule has 2 aromatic carbocycles. The minimum Gasteiger partial charge on any atom is -0.267 e. The monoisotopic (exact) mass is 334 g/mol. The van der Waals surface area contributed by atoms with Crippen molar-refractivity contribution in [2.75, 3.05) is 0 Å². The zero-order valence-electron chi connectivity index (χ0n) is 12.3. The zero-order chi connectivity index (χ0) is 16.1. The Morgan fingerprint density at radius 3 is 2.45 bits per heavy atom. The lowest BCUT2D eigenvalue weighted by Gasteiger charge is -2.06. The fraction of sp³-hybridized carbons (Fsp3) is 0.176. The maximum Gasteiger partial charge on any atom is 0.271 e. The van der Waals surface area contributed by atoms with Crippen LogP contribution in [0.25, 0.3) is 0 Å². The third-order valence-electron chi connectivity index (χ3n) is 3.19. The van der Waals surface area contributed by atoms with E-state index in [2.05, 4.69) is 24.4 Å². The summed E-state index contributed by atoms with van der Waals surface area (Å²) in [6.45, 7) is 4.21. The van der Waals surface area contributed by atoms with Gasteiger partial charge in [0.05, 0.1) is 16.3 Å². The van der Waals surface area contributed by atoms with Crippen molar-refractivity contribution in [3.8, 4) is 0 Å². The number of rotatable bonds is 4. The summed E-state index contributed by atoms with van der Waals surface area (Å²) >= 11 is 11.9. The Kier molecular flexibility index (Phi) is 5.58. The van der Waals surface area contributed by atoms with Gasteiger partial charge < -0.3 is 0 Å². The fourth-order valence-electron chi connectivity index (χ4n) is 1.86. The molecular weight excluding hydrogens is 319 g/mol. The van der Waals surface area contributed by atoms with Crippen LogP contribution in [-0.2, 0) is 0 Å². The summed E-state index contributed by atoms with van der Waals surface area (Å²) in [6, 6.07) is 12.7. The second kappa shape index (κ2) is 7.43. The van der Waals surface area contributed by atoms with Crippen molar-refractivity contribution >= 4 is 35.3 Å². The molecule has 114 valence electrons. The second-order valence-corrected chi connectivity index (χ2v) is 5.90. The highest BCUT2D eigenvalue weighted by Crippen LogP contribution is 2.24. The number of nitrogens with one attached hydrogen (secondary N) is 1. The lowest BCUT2D eigenvalue weighted by molar-refractivity contribution is 0.0955. The summed E-state index contributed by atoms with van der Waals surface area (Å²) in [4.78, 5) is 12.0. The lowest BCUT2D eigenvalue weighted by Crippen LogP contribution is -2.17. The van der Waals surface area contributed by atoms with E-state index in [4.69, 9.17) is 23.2 Å². The minimum atomic E-state index is -0.273. The molecule has 0 spiro atoms. The topological polar surface area (TPSA) is 41.5 Å². The normalized spacial score (nSPS) is 11.1.